The van der Waals surface area contributed by atoms with Gasteiger partial charge in [-0.05, 0) is 85.3 Å². The normalized spacial score (nSPS) is 20.7. The van der Waals surface area contributed by atoms with E-state index in [1.165, 1.54) is 39.9 Å². The lowest BCUT2D eigenvalue weighted by Crippen LogP contribution is -2.54. The highest BCUT2D eigenvalue weighted by molar-refractivity contribution is 5.87. The summed E-state index contributed by atoms with van der Waals surface area (Å²) in [6.07, 6.45) is 13.5. The molecule has 6 unspecified atom stereocenters. The summed E-state index contributed by atoms with van der Waals surface area (Å²) in [6, 6.07) is 19.6. The summed E-state index contributed by atoms with van der Waals surface area (Å²) in [5, 5.41) is 2.63. The van der Waals surface area contributed by atoms with Gasteiger partial charge < -0.3 is 29.7 Å². The fourth-order valence-electron chi connectivity index (χ4n) is 8.33. The number of hydrogen-bond donors (Lipinski definition) is 5. The maximum absolute atomic E-state index is 13.5. The molecule has 6 atom stereocenters. The number of fused-ring (bicyclic) bond motifs is 2. The Morgan fingerprint density at radius 1 is 0.857 bits per heavy atom. The zero-order valence-corrected chi connectivity index (χ0v) is 31.9. The molecule has 14 heteroatoms. The first-order chi connectivity index (χ1) is 27.3. The number of anilines is 1. The number of carbonyl (C=O) groups is 3. The number of methoxy groups -OCH3 is 2. The maximum atomic E-state index is 13.5. The third-order valence-corrected chi connectivity index (χ3v) is 11.4. The minimum Gasteiger partial charge on any atom is -0.453 e. The minimum atomic E-state index is -0.863. The Kier molecular flexibility index (Phi) is 12.0. The zero-order chi connectivity index (χ0) is 39.0. The summed E-state index contributed by atoms with van der Waals surface area (Å²) < 4.78 is 10.1. The van der Waals surface area contributed by atoms with Crippen molar-refractivity contribution in [1.82, 2.24) is 40.6 Å². The summed E-state index contributed by atoms with van der Waals surface area (Å²) in [7, 11) is 2.79. The van der Waals surface area contributed by atoms with Gasteiger partial charge in [-0.1, -0.05) is 55.0 Å². The van der Waals surface area contributed by atoms with Crippen molar-refractivity contribution in [1.29, 1.82) is 0 Å². The first kappa shape index (κ1) is 38.3. The van der Waals surface area contributed by atoms with Crippen molar-refractivity contribution < 1.29 is 23.9 Å². The minimum absolute atomic E-state index is 0.218. The molecule has 0 radical (unpaired) electrons. The van der Waals surface area contributed by atoms with Gasteiger partial charge in [0.2, 0.25) is 12.3 Å². The molecule has 5 N–H and O–H groups in total. The van der Waals surface area contributed by atoms with Crippen LogP contribution in [0.4, 0.5) is 10.5 Å². The number of rotatable bonds is 12. The molecular formula is C42H49N9O5. The van der Waals surface area contributed by atoms with E-state index in [0.29, 0.717) is 18.9 Å². The summed E-state index contributed by atoms with van der Waals surface area (Å²) in [5.41, 5.74) is 12.1. The third kappa shape index (κ3) is 8.60. The fraction of sp³-hybridized carbons (Fsp3) is 0.381. The monoisotopic (exact) mass is 759 g/mol. The van der Waals surface area contributed by atoms with Crippen molar-refractivity contribution in [3.8, 4) is 33.6 Å². The Balaban J connectivity index is 0.000000420. The van der Waals surface area contributed by atoms with Crippen LogP contribution in [0.1, 0.15) is 69.1 Å². The molecule has 0 spiro atoms. The molecule has 3 aromatic heterocycles. The topological polar surface area (TPSA) is 179 Å². The second kappa shape index (κ2) is 17.6. The van der Waals surface area contributed by atoms with Crippen molar-refractivity contribution in [3.63, 3.8) is 0 Å². The molecule has 3 aliphatic rings. The van der Waals surface area contributed by atoms with E-state index in [2.05, 4.69) is 84.6 Å². The third-order valence-electron chi connectivity index (χ3n) is 11.4. The Hall–Kier alpha value is -6.02. The fourth-order valence-corrected chi connectivity index (χ4v) is 8.33. The number of nitrogens with one attached hydrogen (secondary N) is 5. The number of hydrazine groups is 1. The largest absolute Gasteiger partial charge is 0.453 e. The van der Waals surface area contributed by atoms with E-state index >= 15 is 0 Å². The second-order valence-corrected chi connectivity index (χ2v) is 14.7. The quantitative estimate of drug-likeness (QED) is 0.0691. The number of H-pyrrole nitrogens is 2. The molecule has 5 aromatic rings. The molecule has 8 rings (SSSR count). The first-order valence-electron chi connectivity index (χ1n) is 19.2. The zero-order valence-electron chi connectivity index (χ0n) is 31.9. The number of nitrogens with zero attached hydrogens (tertiary/aromatic N) is 4. The van der Waals surface area contributed by atoms with Gasteiger partial charge in [-0.15, -0.1) is 0 Å². The van der Waals surface area contributed by atoms with Gasteiger partial charge in [0.25, 0.3) is 0 Å². The average Bonchev–Trinajstić information content (AvgIpc) is 4.11. The number of amides is 3. The number of benzene rings is 2. The van der Waals surface area contributed by atoms with Gasteiger partial charge in [0.15, 0.2) is 0 Å². The molecule has 14 nitrogen and oxygen atoms in total. The highest BCUT2D eigenvalue weighted by Gasteiger charge is 2.42. The molecular weight excluding hydrogens is 711 g/mol. The molecule has 292 valence electrons. The predicted octanol–water partition coefficient (Wildman–Crippen LogP) is 6.61. The van der Waals surface area contributed by atoms with Crippen LogP contribution < -0.4 is 16.2 Å². The van der Waals surface area contributed by atoms with Crippen LogP contribution in [0.2, 0.25) is 0 Å². The summed E-state index contributed by atoms with van der Waals surface area (Å²) in [6.45, 7) is 2.33. The van der Waals surface area contributed by atoms with Crippen molar-refractivity contribution in [2.75, 3.05) is 26.2 Å². The molecule has 2 bridgehead atoms. The van der Waals surface area contributed by atoms with Crippen LogP contribution in [-0.2, 0) is 19.1 Å². The summed E-state index contributed by atoms with van der Waals surface area (Å²) in [4.78, 5) is 57.4. The molecule has 2 aromatic carbocycles. The van der Waals surface area contributed by atoms with Crippen LogP contribution in [0, 0.1) is 11.8 Å². The van der Waals surface area contributed by atoms with Crippen molar-refractivity contribution in [2.45, 2.75) is 69.6 Å². The van der Waals surface area contributed by atoms with Crippen LogP contribution in [0.5, 0.6) is 0 Å². The lowest BCUT2D eigenvalue weighted by Gasteiger charge is -2.30. The highest BCUT2D eigenvalue weighted by atomic mass is 16.5. The van der Waals surface area contributed by atoms with Gasteiger partial charge in [-0.25, -0.2) is 14.8 Å². The van der Waals surface area contributed by atoms with E-state index in [4.69, 9.17) is 14.5 Å². The van der Waals surface area contributed by atoms with Gasteiger partial charge in [0.1, 0.15) is 17.7 Å². The lowest BCUT2D eigenvalue weighted by atomic mass is 9.88. The molecule has 2 aliphatic carbocycles. The number of imidazole rings is 2. The van der Waals surface area contributed by atoms with E-state index in [9.17, 15) is 14.4 Å². The molecule has 4 heterocycles. The Labute approximate surface area is 326 Å². The van der Waals surface area contributed by atoms with Gasteiger partial charge in [-0.3, -0.25) is 25.4 Å². The van der Waals surface area contributed by atoms with Crippen LogP contribution >= 0.6 is 0 Å². The smallest absolute Gasteiger partial charge is 0.407 e. The molecule has 3 amide bonds. The van der Waals surface area contributed by atoms with E-state index < -0.39 is 18.2 Å². The number of likely N-dealkylation sites (tertiary alicyclic amines) is 1. The standard InChI is InChI=1S/C36H42N6O4.C6H7N3O/c1-21(45-2)32(41-36(44)46-3)35(43)42-16-4-5-31(42)34-38-20-30(40-34)26-14-10-24(11-15-26)23-8-12-25(13-9-23)29-19-37-33(39-29)28-18-22-6-7-27(28)17-22;10-5-8-9-6-2-1-3-7-4-6/h8-15,19-22,27-28,31-32H,4-7,16-18H2,1-3H3,(H,37,39)(H,38,40)(H,41,44);1-5,9H,(H,8,10). The number of carbonyl (C=O) groups excluding carboxylic acids is 3. The van der Waals surface area contributed by atoms with Gasteiger partial charge in [0.05, 0.1) is 54.9 Å². The van der Waals surface area contributed by atoms with Crippen molar-refractivity contribution >= 4 is 24.1 Å². The average molecular weight is 760 g/mol. The van der Waals surface area contributed by atoms with E-state index in [1.54, 1.807) is 36.4 Å². The SMILES string of the molecule is COC(=O)NC(C(=O)N1CCCC1c1ncc(-c2ccc(-c3ccc(-c4cnc(C5CC6CCC5C6)[nH]4)cc3)cc2)[nH]1)C(C)OC.O=CNNc1cccnc1. The van der Waals surface area contributed by atoms with Crippen LogP contribution in [-0.4, -0.2) is 81.1 Å². The number of aromatic nitrogens is 5. The lowest BCUT2D eigenvalue weighted by molar-refractivity contribution is -0.137. The van der Waals surface area contributed by atoms with Crippen molar-refractivity contribution in [2.24, 2.45) is 11.8 Å². The maximum Gasteiger partial charge on any atom is 0.407 e. The van der Waals surface area contributed by atoms with Crippen LogP contribution in [0.25, 0.3) is 33.6 Å². The predicted molar refractivity (Wildman–Crippen MR) is 212 cm³/mol. The van der Waals surface area contributed by atoms with Crippen molar-refractivity contribution in [3.05, 3.63) is 97.1 Å². The first-order valence-corrected chi connectivity index (χ1v) is 19.2. The second-order valence-electron chi connectivity index (χ2n) is 14.7. The number of pyridine rings is 1. The van der Waals surface area contributed by atoms with E-state index in [1.807, 2.05) is 12.4 Å². The van der Waals surface area contributed by atoms with Gasteiger partial charge in [-0.2, -0.15) is 0 Å². The Morgan fingerprint density at radius 3 is 2.09 bits per heavy atom. The number of hydrogen-bond acceptors (Lipinski definition) is 9. The Bertz CT molecular complexity index is 2070. The van der Waals surface area contributed by atoms with Gasteiger partial charge in [0, 0.05) is 25.8 Å². The summed E-state index contributed by atoms with van der Waals surface area (Å²) >= 11 is 0. The number of alkyl carbamates (subject to hydrolysis) is 1. The van der Waals surface area contributed by atoms with Gasteiger partial charge >= 0.3 is 6.09 Å². The van der Waals surface area contributed by atoms with E-state index in [0.717, 1.165) is 75.7 Å². The highest BCUT2D eigenvalue weighted by Crippen LogP contribution is 2.52. The molecule has 2 saturated carbocycles. The van der Waals surface area contributed by atoms with Crippen LogP contribution in [0.15, 0.2) is 85.5 Å². The number of ether oxygens (including phenoxy) is 2. The Morgan fingerprint density at radius 2 is 1.52 bits per heavy atom. The molecule has 3 fully saturated rings. The molecule has 1 saturated heterocycles. The molecule has 1 aliphatic heterocycles. The van der Waals surface area contributed by atoms with Crippen LogP contribution in [0.3, 0.4) is 0 Å². The molecule has 56 heavy (non-hydrogen) atoms. The van der Waals surface area contributed by atoms with E-state index in [-0.39, 0.29) is 11.9 Å². The number of aromatic amines is 2. The summed E-state index contributed by atoms with van der Waals surface area (Å²) in [5.74, 6) is 3.98.